The Kier molecular flexibility index (Phi) is 3.55. The quantitative estimate of drug-likeness (QED) is 0.813. The molecule has 4 heteroatoms. The van der Waals surface area contributed by atoms with Crippen molar-refractivity contribution in [2.24, 2.45) is 5.73 Å². The smallest absolute Gasteiger partial charge is 0.163 e. The fourth-order valence-corrected chi connectivity index (χ4v) is 1.25. The molecule has 2 N–H and O–H groups in total. The maximum atomic E-state index is 13.2. The van der Waals surface area contributed by atoms with Gasteiger partial charge < -0.3 is 10.5 Å². The first-order chi connectivity index (χ1) is 6.56. The van der Waals surface area contributed by atoms with E-state index in [1.165, 1.54) is 13.2 Å². The predicted octanol–water partition coefficient (Wildman–Crippen LogP) is 2.13. The number of ether oxygens (including phenoxy) is 1. The molecule has 0 aliphatic rings. The van der Waals surface area contributed by atoms with Crippen LogP contribution in [0.25, 0.3) is 0 Å². The molecule has 1 atom stereocenters. The lowest BCUT2D eigenvalue weighted by molar-refractivity contribution is 0.184. The molecule has 0 aliphatic heterocycles. The van der Waals surface area contributed by atoms with E-state index in [-0.39, 0.29) is 12.2 Å². The van der Waals surface area contributed by atoms with Gasteiger partial charge in [-0.2, -0.15) is 0 Å². The highest BCUT2D eigenvalue weighted by molar-refractivity contribution is 5.28. The number of hydrogen-bond donors (Lipinski definition) is 1. The van der Waals surface area contributed by atoms with Gasteiger partial charge in [0.15, 0.2) is 11.6 Å². The second kappa shape index (κ2) is 4.48. The maximum absolute atomic E-state index is 13.2. The van der Waals surface area contributed by atoms with Crippen molar-refractivity contribution in [1.82, 2.24) is 0 Å². The Morgan fingerprint density at radius 1 is 1.43 bits per heavy atom. The van der Waals surface area contributed by atoms with Crippen molar-refractivity contribution >= 4 is 0 Å². The van der Waals surface area contributed by atoms with Gasteiger partial charge in [-0.25, -0.2) is 8.78 Å². The topological polar surface area (TPSA) is 35.2 Å². The summed E-state index contributed by atoms with van der Waals surface area (Å²) in [6.07, 6.45) is 0. The minimum atomic E-state index is -0.883. The monoisotopic (exact) mass is 201 g/mol. The van der Waals surface area contributed by atoms with E-state index in [0.29, 0.717) is 5.56 Å². The summed E-state index contributed by atoms with van der Waals surface area (Å²) in [6, 6.07) is 2.11. The fraction of sp³-hybridized carbons (Fsp3) is 0.400. The van der Waals surface area contributed by atoms with E-state index in [9.17, 15) is 8.78 Å². The lowest BCUT2D eigenvalue weighted by Gasteiger charge is -2.10. The van der Waals surface area contributed by atoms with Crippen LogP contribution in [0.5, 0.6) is 0 Å². The van der Waals surface area contributed by atoms with Crippen molar-refractivity contribution < 1.29 is 13.5 Å². The molecule has 0 bridgehead atoms. The molecule has 0 saturated carbocycles. The predicted molar refractivity (Wildman–Crippen MR) is 49.7 cm³/mol. The zero-order valence-electron chi connectivity index (χ0n) is 8.18. The number of halogens is 2. The number of hydrogen-bond acceptors (Lipinski definition) is 2. The first-order valence-electron chi connectivity index (χ1n) is 4.28. The van der Waals surface area contributed by atoms with Crippen LogP contribution in [-0.4, -0.2) is 7.11 Å². The molecule has 0 radical (unpaired) electrons. The molecule has 0 spiro atoms. The molecule has 1 aromatic rings. The highest BCUT2D eigenvalue weighted by Gasteiger charge is 2.13. The lowest BCUT2D eigenvalue weighted by Crippen LogP contribution is -2.10. The zero-order chi connectivity index (χ0) is 10.7. The third-order valence-corrected chi connectivity index (χ3v) is 1.92. The van der Waals surface area contributed by atoms with Gasteiger partial charge in [-0.05, 0) is 24.6 Å². The standard InChI is InChI=1S/C10H13F2NO/c1-6(13)8-3-7(5-14-2)4-9(11)10(8)12/h3-4,6H,5,13H2,1-2H3. The molecule has 14 heavy (non-hydrogen) atoms. The number of rotatable bonds is 3. The average molecular weight is 201 g/mol. The molecule has 0 heterocycles. The van der Waals surface area contributed by atoms with Crippen LogP contribution in [0.15, 0.2) is 12.1 Å². The number of benzene rings is 1. The zero-order valence-corrected chi connectivity index (χ0v) is 8.18. The van der Waals surface area contributed by atoms with Crippen LogP contribution in [-0.2, 0) is 11.3 Å². The SMILES string of the molecule is COCc1cc(F)c(F)c(C(C)N)c1. The summed E-state index contributed by atoms with van der Waals surface area (Å²) >= 11 is 0. The van der Waals surface area contributed by atoms with Crippen molar-refractivity contribution in [3.63, 3.8) is 0 Å². The maximum Gasteiger partial charge on any atom is 0.163 e. The van der Waals surface area contributed by atoms with Gasteiger partial charge in [0.05, 0.1) is 6.61 Å². The van der Waals surface area contributed by atoms with Gasteiger partial charge in [0.25, 0.3) is 0 Å². The molecular formula is C10H13F2NO. The van der Waals surface area contributed by atoms with Crippen LogP contribution in [0, 0.1) is 11.6 Å². The normalized spacial score (nSPS) is 12.9. The second-order valence-electron chi connectivity index (χ2n) is 3.20. The van der Waals surface area contributed by atoms with Crippen LogP contribution >= 0.6 is 0 Å². The molecule has 0 amide bonds. The molecule has 0 aliphatic carbocycles. The first kappa shape index (κ1) is 11.1. The van der Waals surface area contributed by atoms with Crippen LogP contribution in [0.3, 0.4) is 0 Å². The summed E-state index contributed by atoms with van der Waals surface area (Å²) in [6.45, 7) is 1.85. The van der Waals surface area contributed by atoms with Gasteiger partial charge in [0, 0.05) is 18.7 Å². The molecule has 2 nitrogen and oxygen atoms in total. The molecule has 0 saturated heterocycles. The Hall–Kier alpha value is -1.00. The summed E-state index contributed by atoms with van der Waals surface area (Å²) < 4.78 is 31.0. The summed E-state index contributed by atoms with van der Waals surface area (Å²) in [5, 5.41) is 0. The molecule has 0 fully saturated rings. The molecule has 1 rings (SSSR count). The van der Waals surface area contributed by atoms with Crippen molar-refractivity contribution in [1.29, 1.82) is 0 Å². The molecule has 1 unspecified atom stereocenters. The number of nitrogens with two attached hydrogens (primary N) is 1. The van der Waals surface area contributed by atoms with Gasteiger partial charge in [0.2, 0.25) is 0 Å². The van der Waals surface area contributed by atoms with Crippen LogP contribution in [0.2, 0.25) is 0 Å². The summed E-state index contributed by atoms with van der Waals surface area (Å²) in [7, 11) is 1.49. The summed E-state index contributed by atoms with van der Waals surface area (Å²) in [5.74, 6) is -1.76. The Morgan fingerprint density at radius 3 is 2.57 bits per heavy atom. The van der Waals surface area contributed by atoms with Crippen molar-refractivity contribution in [3.05, 3.63) is 34.9 Å². The first-order valence-corrected chi connectivity index (χ1v) is 4.28. The average Bonchev–Trinajstić information content (AvgIpc) is 2.11. The Morgan fingerprint density at radius 2 is 2.07 bits per heavy atom. The van der Waals surface area contributed by atoms with E-state index in [2.05, 4.69) is 0 Å². The van der Waals surface area contributed by atoms with Gasteiger partial charge >= 0.3 is 0 Å². The minimum absolute atomic E-state index is 0.178. The lowest BCUT2D eigenvalue weighted by atomic mass is 10.0. The molecule has 0 aromatic heterocycles. The van der Waals surface area contributed by atoms with Gasteiger partial charge in [-0.1, -0.05) is 0 Å². The van der Waals surface area contributed by atoms with Crippen LogP contribution in [0.1, 0.15) is 24.1 Å². The van der Waals surface area contributed by atoms with Crippen LogP contribution < -0.4 is 5.73 Å². The minimum Gasteiger partial charge on any atom is -0.380 e. The van der Waals surface area contributed by atoms with Gasteiger partial charge in [-0.3, -0.25) is 0 Å². The van der Waals surface area contributed by atoms with Crippen molar-refractivity contribution in [2.45, 2.75) is 19.6 Å². The number of methoxy groups -OCH3 is 1. The third-order valence-electron chi connectivity index (χ3n) is 1.92. The Bertz CT molecular complexity index is 326. The van der Waals surface area contributed by atoms with E-state index < -0.39 is 17.7 Å². The van der Waals surface area contributed by atoms with E-state index in [1.807, 2.05) is 0 Å². The Labute approximate surface area is 81.7 Å². The molecular weight excluding hydrogens is 188 g/mol. The molecule has 1 aromatic carbocycles. The van der Waals surface area contributed by atoms with E-state index in [0.717, 1.165) is 6.07 Å². The second-order valence-corrected chi connectivity index (χ2v) is 3.20. The molecule has 78 valence electrons. The highest BCUT2D eigenvalue weighted by Crippen LogP contribution is 2.20. The van der Waals surface area contributed by atoms with Crippen molar-refractivity contribution in [3.8, 4) is 0 Å². The van der Waals surface area contributed by atoms with E-state index >= 15 is 0 Å². The summed E-state index contributed by atoms with van der Waals surface area (Å²) in [4.78, 5) is 0. The van der Waals surface area contributed by atoms with E-state index in [1.54, 1.807) is 6.92 Å². The van der Waals surface area contributed by atoms with Gasteiger partial charge in [-0.15, -0.1) is 0 Å². The van der Waals surface area contributed by atoms with Crippen molar-refractivity contribution in [2.75, 3.05) is 7.11 Å². The third kappa shape index (κ3) is 2.27. The highest BCUT2D eigenvalue weighted by atomic mass is 19.2. The Balaban J connectivity index is 3.14. The largest absolute Gasteiger partial charge is 0.380 e. The van der Waals surface area contributed by atoms with Gasteiger partial charge in [0.1, 0.15) is 0 Å². The fourth-order valence-electron chi connectivity index (χ4n) is 1.25. The summed E-state index contributed by atoms with van der Waals surface area (Å²) in [5.41, 5.74) is 6.26. The van der Waals surface area contributed by atoms with E-state index in [4.69, 9.17) is 10.5 Å². The van der Waals surface area contributed by atoms with Crippen LogP contribution in [0.4, 0.5) is 8.78 Å².